The molecule has 0 aromatic carbocycles. The number of hydrogen-bond donors (Lipinski definition) is 0. The van der Waals surface area contributed by atoms with E-state index in [1.165, 1.54) is 36.7 Å². The Morgan fingerprint density at radius 1 is 0.657 bits per heavy atom. The van der Waals surface area contributed by atoms with Gasteiger partial charge in [-0.15, -0.1) is 0 Å². The van der Waals surface area contributed by atoms with Gasteiger partial charge in [0.2, 0.25) is 5.28 Å². The van der Waals surface area contributed by atoms with E-state index in [0.29, 0.717) is 42.4 Å². The molecule has 2 atom stereocenters. The molecule has 70 heavy (non-hydrogen) atoms. The van der Waals surface area contributed by atoms with Gasteiger partial charge in [-0.2, -0.15) is 0 Å². The van der Waals surface area contributed by atoms with Crippen LogP contribution >= 0.6 is 11.6 Å². The minimum atomic E-state index is -2.05. The number of fused-ring (bicyclic) bond motifs is 2. The second-order valence-electron chi connectivity index (χ2n) is 24.5. The summed E-state index contributed by atoms with van der Waals surface area (Å²) in [5.41, 5.74) is 4.80. The van der Waals surface area contributed by atoms with E-state index in [1.807, 2.05) is 23.9 Å². The number of carbonyl (C=O) groups is 2. The summed E-state index contributed by atoms with van der Waals surface area (Å²) in [5.74, 6) is 1.56. The minimum absolute atomic E-state index is 0.0225. The van der Waals surface area contributed by atoms with Gasteiger partial charge >= 0.3 is 0 Å². The van der Waals surface area contributed by atoms with Gasteiger partial charge in [-0.25, -0.2) is 28.7 Å². The highest BCUT2D eigenvalue weighted by atomic mass is 35.5. The fourth-order valence-electron chi connectivity index (χ4n) is 7.84. The average molecular weight is 1020 g/mol. The third kappa shape index (κ3) is 16.5. The van der Waals surface area contributed by atoms with Crippen molar-refractivity contribution in [2.24, 2.45) is 10.8 Å². The van der Waals surface area contributed by atoms with Crippen molar-refractivity contribution < 1.29 is 27.2 Å². The molecule has 2 aliphatic carbocycles. The quantitative estimate of drug-likeness (QED) is 0.0931. The molecule has 0 saturated heterocycles. The van der Waals surface area contributed by atoms with Gasteiger partial charge in [0, 0.05) is 62.2 Å². The largest absolute Gasteiger partial charge is 0.408 e. The number of aryl methyl sites for hydroxylation is 1. The first-order valence-electron chi connectivity index (χ1n) is 24.5. The Hall–Kier alpha value is -4.10. The molecule has 386 valence electrons. The van der Waals surface area contributed by atoms with Crippen LogP contribution in [0.5, 0.6) is 0 Å². The Morgan fingerprint density at radius 2 is 1.07 bits per heavy atom. The number of carbonyl (C=O) groups excluding carboxylic acids is 2. The van der Waals surface area contributed by atoms with E-state index in [1.54, 1.807) is 6.92 Å². The molecule has 0 aliphatic heterocycles. The van der Waals surface area contributed by atoms with Crippen LogP contribution in [0, 0.1) is 29.4 Å². The second-order valence-corrected chi connectivity index (χ2v) is 34.3. The lowest BCUT2D eigenvalue weighted by atomic mass is 9.90. The number of halogens is 3. The molecule has 4 aromatic heterocycles. The minimum Gasteiger partial charge on any atom is -0.408 e. The molecular formula is C53H81ClF2N8O4Si2. The summed E-state index contributed by atoms with van der Waals surface area (Å²) < 4.78 is 39.5. The summed E-state index contributed by atoms with van der Waals surface area (Å²) in [6, 6.07) is 5.36. The van der Waals surface area contributed by atoms with Gasteiger partial charge in [-0.1, -0.05) is 83.1 Å². The van der Waals surface area contributed by atoms with Crippen LogP contribution in [0.3, 0.4) is 0 Å². The van der Waals surface area contributed by atoms with E-state index in [9.17, 15) is 18.4 Å². The third-order valence-corrected chi connectivity index (χ3v) is 22.4. The van der Waals surface area contributed by atoms with E-state index in [2.05, 4.69) is 129 Å². The lowest BCUT2D eigenvalue weighted by Gasteiger charge is -2.38. The molecular weight excluding hydrogens is 942 g/mol. The van der Waals surface area contributed by atoms with Crippen molar-refractivity contribution in [3.05, 3.63) is 81.8 Å². The highest BCUT2D eigenvalue weighted by Gasteiger charge is 2.44. The smallest absolute Gasteiger partial charge is 0.224 e. The highest BCUT2D eigenvalue weighted by Crippen LogP contribution is 2.46. The fourth-order valence-corrected chi connectivity index (χ4v) is 10.6. The van der Waals surface area contributed by atoms with Gasteiger partial charge in [-0.3, -0.25) is 19.6 Å². The molecule has 2 unspecified atom stereocenters. The van der Waals surface area contributed by atoms with E-state index >= 15 is 0 Å². The van der Waals surface area contributed by atoms with Crippen molar-refractivity contribution in [3.63, 3.8) is 0 Å². The van der Waals surface area contributed by atoms with Crippen LogP contribution in [-0.4, -0.2) is 85.3 Å². The van der Waals surface area contributed by atoms with Crippen LogP contribution in [0.1, 0.15) is 149 Å². The van der Waals surface area contributed by atoms with Crippen molar-refractivity contribution in [2.45, 2.75) is 177 Å². The van der Waals surface area contributed by atoms with Crippen molar-refractivity contribution in [1.82, 2.24) is 29.9 Å². The Labute approximate surface area is 424 Å². The molecule has 17 heteroatoms. The van der Waals surface area contributed by atoms with Crippen LogP contribution in [0.4, 0.5) is 20.4 Å². The normalized spacial score (nSPS) is 16.1. The maximum atomic E-state index is 14.0. The molecule has 0 amide bonds. The fraction of sp³-hybridized carbons (Fsp3) is 0.623. The number of Topliss-reactive ketones (excluding diaryl/α,β-unsaturated/α-hetero) is 2. The van der Waals surface area contributed by atoms with Crippen LogP contribution in [-0.2, 0) is 31.3 Å². The number of likely N-dealkylation sites (N-methyl/N-ethyl adjacent to an activating group) is 2. The Bertz CT molecular complexity index is 2450. The van der Waals surface area contributed by atoms with Crippen molar-refractivity contribution >= 4 is 51.4 Å². The topological polar surface area (TPSA) is 136 Å². The monoisotopic (exact) mass is 1020 g/mol. The van der Waals surface area contributed by atoms with Crippen molar-refractivity contribution in [1.29, 1.82) is 0 Å². The zero-order valence-corrected chi connectivity index (χ0v) is 48.4. The lowest BCUT2D eigenvalue weighted by Crippen LogP contribution is -2.41. The summed E-state index contributed by atoms with van der Waals surface area (Å²) in [7, 11) is -0.183. The maximum absolute atomic E-state index is 14.0. The van der Waals surface area contributed by atoms with E-state index < -0.39 is 22.5 Å². The van der Waals surface area contributed by atoms with Crippen LogP contribution < -0.4 is 9.80 Å². The molecule has 0 spiro atoms. The molecule has 0 fully saturated rings. The van der Waals surface area contributed by atoms with Gasteiger partial charge in [0.25, 0.3) is 0 Å². The number of rotatable bonds is 13. The van der Waals surface area contributed by atoms with Gasteiger partial charge in [-0.05, 0) is 110 Å². The summed E-state index contributed by atoms with van der Waals surface area (Å²) >= 11 is 6.26. The summed E-state index contributed by atoms with van der Waals surface area (Å²) in [6.45, 7) is 37.1. The molecule has 6 rings (SSSR count). The first kappa shape index (κ1) is 58.5. The molecule has 0 saturated carbocycles. The van der Waals surface area contributed by atoms with E-state index in [4.69, 9.17) is 30.4 Å². The summed E-state index contributed by atoms with van der Waals surface area (Å²) in [6.07, 6.45) is 7.01. The molecule has 2 aliphatic rings. The number of nitrogens with zero attached hydrogens (tertiary/aromatic N) is 8. The van der Waals surface area contributed by atoms with Gasteiger partial charge < -0.3 is 18.7 Å². The predicted molar refractivity (Wildman–Crippen MR) is 285 cm³/mol. The first-order valence-corrected chi connectivity index (χ1v) is 30.6. The van der Waals surface area contributed by atoms with Gasteiger partial charge in [0.05, 0.1) is 36.7 Å². The van der Waals surface area contributed by atoms with E-state index in [0.717, 1.165) is 54.0 Å². The molecule has 0 bridgehead atoms. The van der Waals surface area contributed by atoms with Crippen LogP contribution in [0.15, 0.2) is 36.7 Å². The Morgan fingerprint density at radius 3 is 1.46 bits per heavy atom. The summed E-state index contributed by atoms with van der Waals surface area (Å²) in [4.78, 5) is 55.7. The number of pyridine rings is 2. The van der Waals surface area contributed by atoms with Gasteiger partial charge in [0.1, 0.15) is 29.0 Å². The highest BCUT2D eigenvalue weighted by molar-refractivity contribution is 6.74. The lowest BCUT2D eigenvalue weighted by molar-refractivity contribution is -0.120. The molecule has 0 N–H and O–H groups in total. The number of hydrogen-bond acceptors (Lipinski definition) is 12. The van der Waals surface area contributed by atoms with Crippen LogP contribution in [0.25, 0.3) is 11.5 Å². The molecule has 12 nitrogen and oxygen atoms in total. The third-order valence-electron chi connectivity index (χ3n) is 13.2. The predicted octanol–water partition coefficient (Wildman–Crippen LogP) is 13.2. The zero-order chi connectivity index (χ0) is 52.9. The molecule has 4 heterocycles. The Balaban J connectivity index is 0.000000266. The van der Waals surface area contributed by atoms with Crippen LogP contribution in [0.2, 0.25) is 41.5 Å². The molecule has 4 aromatic rings. The average Bonchev–Trinajstić information content (AvgIpc) is 3.77. The van der Waals surface area contributed by atoms with Crippen molar-refractivity contribution in [2.75, 3.05) is 37.0 Å². The second kappa shape index (κ2) is 22.8. The Kier molecular flexibility index (Phi) is 19.0. The standard InChI is InChI=1S/C26H39FN4O2Si.C21H36ClN3O2Si.C6H6FN/c1-25(2,3)15-18(32)16-31(7)24-19-10-11-21(33-34(8,9)26(4,5)6)22(19)29-23(30-24)20-14-17(27)12-13-28-20;1-20(2,3)12-14(26)13-25(7)18-15-10-11-16(17(15)23-19(22)24-18)27-28(8,9)21(4,5)6;1-5-4-6(7)2-3-8-5/h12-14,21H,10-11,15-16H2,1-9H3;16H,10-13H2,1-9H3;2-4H,1H3. The molecule has 0 radical (unpaired) electrons. The maximum Gasteiger partial charge on any atom is 0.224 e. The van der Waals surface area contributed by atoms with E-state index in [-0.39, 0.29) is 62.3 Å². The number of anilines is 2. The van der Waals surface area contributed by atoms with Gasteiger partial charge in [0.15, 0.2) is 34.0 Å². The summed E-state index contributed by atoms with van der Waals surface area (Å²) in [5, 5.41) is 0.412. The van der Waals surface area contributed by atoms with Crippen molar-refractivity contribution in [3.8, 4) is 11.5 Å². The number of ketones is 2. The first-order chi connectivity index (χ1) is 32.0. The number of aromatic nitrogens is 6. The zero-order valence-electron chi connectivity index (χ0n) is 45.6. The SMILES string of the molecule is CN(CC(=O)CC(C)(C)C)c1nc(-c2cc(F)ccn2)nc2c1CCC2O[Si](C)(C)C(C)(C)C.CN(CC(=O)CC(C)(C)C)c1nc(Cl)nc2c1CCC2O[Si](C)(C)C(C)(C)C.Cc1cc(F)ccn1.